The maximum absolute atomic E-state index is 14.2. The van der Waals surface area contributed by atoms with E-state index in [0.29, 0.717) is 5.69 Å². The van der Waals surface area contributed by atoms with E-state index in [-0.39, 0.29) is 28.6 Å². The van der Waals surface area contributed by atoms with E-state index in [1.165, 1.54) is 36.0 Å². The number of imidazole rings is 1. The maximum atomic E-state index is 14.2. The lowest BCUT2D eigenvalue weighted by Gasteiger charge is -2.17. The van der Waals surface area contributed by atoms with Crippen LogP contribution in [0.5, 0.6) is 11.5 Å². The summed E-state index contributed by atoms with van der Waals surface area (Å²) in [7, 11) is 2.12. The molecule has 2 aromatic heterocycles. The fourth-order valence-corrected chi connectivity index (χ4v) is 3.43. The van der Waals surface area contributed by atoms with E-state index in [1.54, 1.807) is 0 Å². The molecule has 0 unspecified atom stereocenters. The summed E-state index contributed by atoms with van der Waals surface area (Å²) >= 11 is 0. The van der Waals surface area contributed by atoms with Crippen molar-refractivity contribution >= 4 is 17.5 Å². The molecule has 1 fully saturated rings. The fourth-order valence-electron chi connectivity index (χ4n) is 3.43. The Labute approximate surface area is 190 Å². The summed E-state index contributed by atoms with van der Waals surface area (Å²) in [6.07, 6.45) is 4.14. The number of ether oxygens (including phenoxy) is 3. The number of esters is 1. The molecule has 0 radical (unpaired) electrons. The van der Waals surface area contributed by atoms with Crippen molar-refractivity contribution in [3.05, 3.63) is 47.8 Å². The molecule has 0 saturated heterocycles. The Hall–Kier alpha value is -3.83. The van der Waals surface area contributed by atoms with Gasteiger partial charge in [-0.2, -0.15) is 17.6 Å². The van der Waals surface area contributed by atoms with Gasteiger partial charge in [0, 0.05) is 23.4 Å². The zero-order valence-corrected chi connectivity index (χ0v) is 18.0. The van der Waals surface area contributed by atoms with Crippen LogP contribution in [0.15, 0.2) is 36.7 Å². The minimum absolute atomic E-state index is 0.0184. The highest BCUT2D eigenvalue weighted by molar-refractivity contribution is 6.01. The molecule has 0 bridgehead atoms. The normalized spacial score (nSPS) is 13.7. The lowest BCUT2D eigenvalue weighted by molar-refractivity contribution is -0.170. The number of alkyl halides is 4. The number of nitrogens with one attached hydrogen (secondary N) is 1. The minimum Gasteiger partial charge on any atom is -0.496 e. The van der Waals surface area contributed by atoms with Gasteiger partial charge < -0.3 is 19.5 Å². The molecule has 0 spiro atoms. The van der Waals surface area contributed by atoms with Crippen LogP contribution in [0.2, 0.25) is 0 Å². The molecule has 8 nitrogen and oxygen atoms in total. The lowest BCUT2D eigenvalue weighted by Crippen LogP contribution is -2.27. The Bertz CT molecular complexity index is 1260. The van der Waals surface area contributed by atoms with Crippen LogP contribution in [-0.4, -0.2) is 48.1 Å². The van der Waals surface area contributed by atoms with Gasteiger partial charge in [-0.05, 0) is 37.1 Å². The van der Waals surface area contributed by atoms with E-state index >= 15 is 0 Å². The zero-order valence-electron chi connectivity index (χ0n) is 18.0. The third kappa shape index (κ3) is 4.35. The highest BCUT2D eigenvalue weighted by Crippen LogP contribution is 2.37. The molecule has 0 atom stereocenters. The summed E-state index contributed by atoms with van der Waals surface area (Å²) in [5.41, 5.74) is -0.172. The second-order valence-corrected chi connectivity index (χ2v) is 7.53. The van der Waals surface area contributed by atoms with Crippen LogP contribution in [0, 0.1) is 0 Å². The Balaban J connectivity index is 1.79. The van der Waals surface area contributed by atoms with Crippen molar-refractivity contribution in [2.45, 2.75) is 31.4 Å². The summed E-state index contributed by atoms with van der Waals surface area (Å²) in [5, 5.41) is 2.71. The molecular weight excluding hydrogens is 462 g/mol. The van der Waals surface area contributed by atoms with E-state index in [1.807, 2.05) is 0 Å². The number of fused-ring (bicyclic) bond motifs is 1. The SMILES string of the molecule is COC(=O)C(F)(F)c1ccn2c(-c3cc(OC)c(C(=O)NC4CC4)c(OC(F)F)c3)cnc2c1. The molecule has 1 aliphatic carbocycles. The van der Waals surface area contributed by atoms with Gasteiger partial charge in [0.05, 0.1) is 26.1 Å². The number of hydrogen-bond donors (Lipinski definition) is 1. The van der Waals surface area contributed by atoms with Gasteiger partial charge >= 0.3 is 18.5 Å². The first-order valence-corrected chi connectivity index (χ1v) is 10.1. The molecule has 12 heteroatoms. The summed E-state index contributed by atoms with van der Waals surface area (Å²) in [5.74, 6) is -6.65. The van der Waals surface area contributed by atoms with Gasteiger partial charge in [0.2, 0.25) is 0 Å². The number of amides is 1. The van der Waals surface area contributed by atoms with Gasteiger partial charge in [0.1, 0.15) is 22.7 Å². The predicted molar refractivity (Wildman–Crippen MR) is 110 cm³/mol. The van der Waals surface area contributed by atoms with E-state index in [0.717, 1.165) is 32.1 Å². The van der Waals surface area contributed by atoms with E-state index in [2.05, 4.69) is 19.8 Å². The quantitative estimate of drug-likeness (QED) is 0.389. The van der Waals surface area contributed by atoms with Gasteiger partial charge in [-0.25, -0.2) is 9.78 Å². The number of rotatable bonds is 8. The summed E-state index contributed by atoms with van der Waals surface area (Å²) < 4.78 is 70.2. The van der Waals surface area contributed by atoms with E-state index < -0.39 is 35.7 Å². The van der Waals surface area contributed by atoms with Crippen LogP contribution < -0.4 is 14.8 Å². The predicted octanol–water partition coefficient (Wildman–Crippen LogP) is 3.77. The molecule has 1 saturated carbocycles. The van der Waals surface area contributed by atoms with E-state index in [9.17, 15) is 27.2 Å². The largest absolute Gasteiger partial charge is 0.496 e. The molecule has 4 rings (SSSR count). The number of hydrogen-bond acceptors (Lipinski definition) is 6. The molecule has 0 aliphatic heterocycles. The maximum Gasteiger partial charge on any atom is 0.387 e. The van der Waals surface area contributed by atoms with E-state index in [4.69, 9.17) is 4.74 Å². The van der Waals surface area contributed by atoms with Crippen LogP contribution in [0.25, 0.3) is 16.9 Å². The average molecular weight is 481 g/mol. The first-order valence-electron chi connectivity index (χ1n) is 10.1. The van der Waals surface area contributed by atoms with Crippen molar-refractivity contribution in [3.8, 4) is 22.8 Å². The van der Waals surface area contributed by atoms with Crippen LogP contribution in [0.3, 0.4) is 0 Å². The van der Waals surface area contributed by atoms with Crippen LogP contribution in [-0.2, 0) is 15.5 Å². The molecule has 34 heavy (non-hydrogen) atoms. The van der Waals surface area contributed by atoms with Gasteiger partial charge in [0.15, 0.2) is 0 Å². The topological polar surface area (TPSA) is 91.2 Å². The Kier molecular flexibility index (Phi) is 6.07. The Morgan fingerprint density at radius 3 is 2.50 bits per heavy atom. The van der Waals surface area contributed by atoms with Crippen LogP contribution >= 0.6 is 0 Å². The number of methoxy groups -OCH3 is 2. The molecule has 2 heterocycles. The number of halogens is 4. The second-order valence-electron chi connectivity index (χ2n) is 7.53. The minimum atomic E-state index is -3.89. The molecule has 1 amide bonds. The van der Waals surface area contributed by atoms with Gasteiger partial charge in [-0.15, -0.1) is 0 Å². The van der Waals surface area contributed by atoms with Gasteiger partial charge in [-0.3, -0.25) is 9.20 Å². The summed E-state index contributed by atoms with van der Waals surface area (Å²) in [6, 6.07) is 4.64. The highest BCUT2D eigenvalue weighted by Gasteiger charge is 2.42. The van der Waals surface area contributed by atoms with Gasteiger partial charge in [0.25, 0.3) is 5.91 Å². The number of aromatic nitrogens is 2. The van der Waals surface area contributed by atoms with Crippen molar-refractivity contribution in [2.24, 2.45) is 0 Å². The molecular formula is C22H19F4N3O5. The number of carbonyl (C=O) groups is 2. The number of nitrogens with zero attached hydrogens (tertiary/aromatic N) is 2. The first kappa shape index (κ1) is 23.3. The molecule has 3 aromatic rings. The third-order valence-corrected chi connectivity index (χ3v) is 5.25. The van der Waals surface area contributed by atoms with Crippen LogP contribution in [0.4, 0.5) is 17.6 Å². The molecule has 1 aromatic carbocycles. The second kappa shape index (κ2) is 8.84. The highest BCUT2D eigenvalue weighted by atomic mass is 19.3. The number of carbonyl (C=O) groups excluding carboxylic acids is 2. The number of benzene rings is 1. The van der Waals surface area contributed by atoms with Crippen molar-refractivity contribution in [1.29, 1.82) is 0 Å². The Morgan fingerprint density at radius 2 is 1.88 bits per heavy atom. The molecule has 1 aliphatic rings. The fraction of sp³-hybridized carbons (Fsp3) is 0.318. The lowest BCUT2D eigenvalue weighted by atomic mass is 10.1. The van der Waals surface area contributed by atoms with Crippen molar-refractivity contribution in [1.82, 2.24) is 14.7 Å². The summed E-state index contributed by atoms with van der Waals surface area (Å²) in [4.78, 5) is 28.2. The summed E-state index contributed by atoms with van der Waals surface area (Å²) in [6.45, 7) is -3.21. The number of pyridine rings is 1. The molecule has 1 N–H and O–H groups in total. The third-order valence-electron chi connectivity index (χ3n) is 5.25. The van der Waals surface area contributed by atoms with Gasteiger partial charge in [-0.1, -0.05) is 0 Å². The first-order chi connectivity index (χ1) is 16.1. The smallest absolute Gasteiger partial charge is 0.387 e. The van der Waals surface area contributed by atoms with Crippen molar-refractivity contribution in [2.75, 3.05) is 14.2 Å². The van der Waals surface area contributed by atoms with Crippen LogP contribution in [0.1, 0.15) is 28.8 Å². The zero-order chi connectivity index (χ0) is 24.6. The monoisotopic (exact) mass is 481 g/mol. The Morgan fingerprint density at radius 1 is 1.18 bits per heavy atom. The molecule has 180 valence electrons. The average Bonchev–Trinajstić information content (AvgIpc) is 3.51. The van der Waals surface area contributed by atoms with Crippen molar-refractivity contribution in [3.63, 3.8) is 0 Å². The standard InChI is InChI=1S/C22H19F4N3O5/c1-32-15-7-11(8-16(34-21(23)24)18(15)19(30)28-13-3-4-13)14-10-27-17-9-12(5-6-29(14)17)22(25,26)20(31)33-2/h5-10,13,21H,3-4H2,1-2H3,(H,28,30). The van der Waals surface area contributed by atoms with Crippen molar-refractivity contribution < 1.29 is 41.4 Å².